The summed E-state index contributed by atoms with van der Waals surface area (Å²) in [4.78, 5) is 31.8. The SMILES string of the molecule is O=C1C(=O)N(CCCn2ccnc2)[C@@H](c2cccc(Cl)c2)/C1=C(\O)c1ccc2c(c1)OCCO2. The van der Waals surface area contributed by atoms with Crippen LogP contribution in [-0.2, 0) is 16.1 Å². The van der Waals surface area contributed by atoms with Crippen molar-refractivity contribution < 1.29 is 24.2 Å². The van der Waals surface area contributed by atoms with Gasteiger partial charge in [0.25, 0.3) is 11.7 Å². The van der Waals surface area contributed by atoms with Crippen molar-refractivity contribution in [3.63, 3.8) is 0 Å². The Kier molecular flexibility index (Phi) is 5.98. The van der Waals surface area contributed by atoms with E-state index in [9.17, 15) is 14.7 Å². The van der Waals surface area contributed by atoms with E-state index in [0.717, 1.165) is 0 Å². The van der Waals surface area contributed by atoms with Gasteiger partial charge in [-0.05, 0) is 42.3 Å². The number of aliphatic hydroxyl groups excluding tert-OH is 1. The summed E-state index contributed by atoms with van der Waals surface area (Å²) in [6.07, 6.45) is 5.82. The third kappa shape index (κ3) is 4.12. The number of ketones is 1. The second-order valence-corrected chi connectivity index (χ2v) is 8.50. The summed E-state index contributed by atoms with van der Waals surface area (Å²) in [5.41, 5.74) is 1.03. The number of hydrogen-bond donors (Lipinski definition) is 1. The summed E-state index contributed by atoms with van der Waals surface area (Å²) in [7, 11) is 0. The number of rotatable bonds is 6. The minimum Gasteiger partial charge on any atom is -0.507 e. The minimum absolute atomic E-state index is 0.0200. The van der Waals surface area contributed by atoms with Gasteiger partial charge in [-0.1, -0.05) is 23.7 Å². The van der Waals surface area contributed by atoms with Crippen LogP contribution in [-0.4, -0.2) is 51.0 Å². The topological polar surface area (TPSA) is 93.9 Å². The normalized spacial score (nSPS) is 19.0. The van der Waals surface area contributed by atoms with Gasteiger partial charge >= 0.3 is 0 Å². The molecule has 1 saturated heterocycles. The maximum Gasteiger partial charge on any atom is 0.295 e. The Morgan fingerprint density at radius 2 is 1.91 bits per heavy atom. The number of benzene rings is 2. The van der Waals surface area contributed by atoms with Gasteiger partial charge in [-0.25, -0.2) is 4.98 Å². The summed E-state index contributed by atoms with van der Waals surface area (Å²) in [6, 6.07) is 11.1. The van der Waals surface area contributed by atoms with Crippen LogP contribution in [0.5, 0.6) is 11.5 Å². The molecular formula is C25H22ClN3O5. The van der Waals surface area contributed by atoms with Gasteiger partial charge < -0.3 is 24.0 Å². The number of aryl methyl sites for hydroxylation is 1. The van der Waals surface area contributed by atoms with Crippen molar-refractivity contribution in [2.75, 3.05) is 19.8 Å². The third-order valence-electron chi connectivity index (χ3n) is 5.89. The van der Waals surface area contributed by atoms with Crippen LogP contribution < -0.4 is 9.47 Å². The van der Waals surface area contributed by atoms with Crippen LogP contribution in [0.1, 0.15) is 23.6 Å². The average molecular weight is 480 g/mol. The first-order valence-electron chi connectivity index (χ1n) is 10.9. The Bertz CT molecular complexity index is 1270. The van der Waals surface area contributed by atoms with Gasteiger partial charge in [-0.15, -0.1) is 0 Å². The van der Waals surface area contributed by atoms with Crippen molar-refractivity contribution >= 4 is 29.1 Å². The first-order chi connectivity index (χ1) is 16.5. The molecule has 1 fully saturated rings. The second-order valence-electron chi connectivity index (χ2n) is 8.06. The third-order valence-corrected chi connectivity index (χ3v) is 6.13. The molecule has 0 spiro atoms. The molecule has 174 valence electrons. The molecule has 3 aromatic rings. The van der Waals surface area contributed by atoms with E-state index in [1.807, 2.05) is 10.8 Å². The zero-order valence-corrected chi connectivity index (χ0v) is 18.9. The number of amides is 1. The number of likely N-dealkylation sites (tertiary alicyclic amines) is 1. The van der Waals surface area contributed by atoms with Gasteiger partial charge in [-0.3, -0.25) is 9.59 Å². The van der Waals surface area contributed by atoms with Crippen LogP contribution in [0.4, 0.5) is 0 Å². The van der Waals surface area contributed by atoms with E-state index in [1.165, 1.54) is 4.90 Å². The van der Waals surface area contributed by atoms with Gasteiger partial charge in [0.15, 0.2) is 11.5 Å². The summed E-state index contributed by atoms with van der Waals surface area (Å²) in [6.45, 7) is 1.78. The van der Waals surface area contributed by atoms with Gasteiger partial charge in [0.1, 0.15) is 19.0 Å². The number of aliphatic hydroxyl groups is 1. The smallest absolute Gasteiger partial charge is 0.295 e. The number of halogens is 1. The summed E-state index contributed by atoms with van der Waals surface area (Å²) >= 11 is 6.23. The highest BCUT2D eigenvalue weighted by molar-refractivity contribution is 6.46. The lowest BCUT2D eigenvalue weighted by molar-refractivity contribution is -0.139. The number of carbonyl (C=O) groups is 2. The molecule has 0 unspecified atom stereocenters. The molecule has 0 saturated carbocycles. The lowest BCUT2D eigenvalue weighted by Crippen LogP contribution is -2.31. The molecule has 1 aromatic heterocycles. The lowest BCUT2D eigenvalue weighted by atomic mass is 9.95. The maximum atomic E-state index is 13.2. The van der Waals surface area contributed by atoms with Gasteiger partial charge in [0.05, 0.1) is 17.9 Å². The molecule has 34 heavy (non-hydrogen) atoms. The number of nitrogens with zero attached hydrogens (tertiary/aromatic N) is 3. The molecule has 0 bridgehead atoms. The highest BCUT2D eigenvalue weighted by atomic mass is 35.5. The molecule has 1 N–H and O–H groups in total. The van der Waals surface area contributed by atoms with E-state index in [2.05, 4.69) is 4.98 Å². The molecule has 9 heteroatoms. The number of hydrogen-bond acceptors (Lipinski definition) is 6. The molecule has 2 aliphatic heterocycles. The molecular weight excluding hydrogens is 458 g/mol. The van der Waals surface area contributed by atoms with Crippen molar-refractivity contribution in [2.24, 2.45) is 0 Å². The Balaban J connectivity index is 1.54. The number of ether oxygens (including phenoxy) is 2. The Morgan fingerprint density at radius 1 is 1.09 bits per heavy atom. The molecule has 5 rings (SSSR count). The fourth-order valence-corrected chi connectivity index (χ4v) is 4.52. The van der Waals surface area contributed by atoms with Gasteiger partial charge in [0, 0.05) is 36.1 Å². The van der Waals surface area contributed by atoms with Crippen LogP contribution in [0, 0.1) is 0 Å². The average Bonchev–Trinajstić information content (AvgIpc) is 3.45. The van der Waals surface area contributed by atoms with E-state index in [1.54, 1.807) is 55.0 Å². The van der Waals surface area contributed by atoms with Crippen LogP contribution in [0.25, 0.3) is 5.76 Å². The quantitative estimate of drug-likeness (QED) is 0.328. The van der Waals surface area contributed by atoms with E-state index < -0.39 is 17.7 Å². The zero-order valence-electron chi connectivity index (χ0n) is 18.2. The zero-order chi connectivity index (χ0) is 23.7. The number of aromatic nitrogens is 2. The van der Waals surface area contributed by atoms with Crippen LogP contribution in [0.3, 0.4) is 0 Å². The molecule has 1 amide bonds. The highest BCUT2D eigenvalue weighted by Gasteiger charge is 2.45. The lowest BCUT2D eigenvalue weighted by Gasteiger charge is -2.25. The maximum absolute atomic E-state index is 13.2. The van der Waals surface area contributed by atoms with Crippen molar-refractivity contribution in [1.82, 2.24) is 14.5 Å². The predicted molar refractivity (Wildman–Crippen MR) is 125 cm³/mol. The van der Waals surface area contributed by atoms with E-state index >= 15 is 0 Å². The Morgan fingerprint density at radius 3 is 2.68 bits per heavy atom. The predicted octanol–water partition coefficient (Wildman–Crippen LogP) is 3.82. The first kappa shape index (κ1) is 22.0. The fourth-order valence-electron chi connectivity index (χ4n) is 4.32. The number of carbonyl (C=O) groups excluding carboxylic acids is 2. The molecule has 8 nitrogen and oxygen atoms in total. The van der Waals surface area contributed by atoms with Crippen molar-refractivity contribution in [1.29, 1.82) is 0 Å². The van der Waals surface area contributed by atoms with E-state index in [0.29, 0.717) is 60.4 Å². The minimum atomic E-state index is -0.769. The molecule has 2 aromatic carbocycles. The molecule has 0 radical (unpaired) electrons. The number of imidazole rings is 1. The van der Waals surface area contributed by atoms with Crippen molar-refractivity contribution in [3.8, 4) is 11.5 Å². The monoisotopic (exact) mass is 479 g/mol. The number of fused-ring (bicyclic) bond motifs is 1. The standard InChI is InChI=1S/C25H22ClN3O5/c26-18-4-1-3-16(13-18)22-21(23(30)17-5-6-19-20(14-17)34-12-11-33-19)24(31)25(32)29(22)9-2-8-28-10-7-27-15-28/h1,3-7,10,13-15,22,30H,2,8-9,11-12H2/b23-21+/t22-/m0/s1. The molecule has 3 heterocycles. The molecule has 0 aliphatic carbocycles. The van der Waals surface area contributed by atoms with Crippen molar-refractivity contribution in [3.05, 3.63) is 82.9 Å². The molecule has 1 atom stereocenters. The van der Waals surface area contributed by atoms with Gasteiger partial charge in [0.2, 0.25) is 0 Å². The highest BCUT2D eigenvalue weighted by Crippen LogP contribution is 2.41. The molecule has 2 aliphatic rings. The summed E-state index contributed by atoms with van der Waals surface area (Å²) in [5, 5.41) is 11.7. The Hall–Kier alpha value is -3.78. The first-order valence-corrected chi connectivity index (χ1v) is 11.3. The second kappa shape index (κ2) is 9.23. The summed E-state index contributed by atoms with van der Waals surface area (Å²) in [5.74, 6) is -0.620. The van der Waals surface area contributed by atoms with Crippen LogP contribution >= 0.6 is 11.6 Å². The summed E-state index contributed by atoms with van der Waals surface area (Å²) < 4.78 is 13.1. The van der Waals surface area contributed by atoms with Crippen LogP contribution in [0.15, 0.2) is 66.8 Å². The van der Waals surface area contributed by atoms with Crippen LogP contribution in [0.2, 0.25) is 5.02 Å². The van der Waals surface area contributed by atoms with Crippen molar-refractivity contribution in [2.45, 2.75) is 19.0 Å². The largest absolute Gasteiger partial charge is 0.507 e. The van der Waals surface area contributed by atoms with Gasteiger partial charge in [-0.2, -0.15) is 0 Å². The fraction of sp³-hybridized carbons (Fsp3) is 0.240. The van der Waals surface area contributed by atoms with E-state index in [-0.39, 0.29) is 11.3 Å². The number of Topliss-reactive ketones (excluding diaryl/α,β-unsaturated/α-hetero) is 1. The Labute approximate surface area is 201 Å². The van der Waals surface area contributed by atoms with E-state index in [4.69, 9.17) is 21.1 Å².